The van der Waals surface area contributed by atoms with Gasteiger partial charge in [0.25, 0.3) is 0 Å². The number of aromatic amines is 1. The van der Waals surface area contributed by atoms with E-state index in [0.29, 0.717) is 11.6 Å². The van der Waals surface area contributed by atoms with Gasteiger partial charge in [-0.25, -0.2) is 4.98 Å². The summed E-state index contributed by atoms with van der Waals surface area (Å²) < 4.78 is 4.95. The van der Waals surface area contributed by atoms with Crippen molar-refractivity contribution >= 4 is 17.3 Å². The predicted octanol–water partition coefficient (Wildman–Crippen LogP) is 1.38. The van der Waals surface area contributed by atoms with Crippen molar-refractivity contribution in [3.63, 3.8) is 0 Å². The van der Waals surface area contributed by atoms with Gasteiger partial charge in [0, 0.05) is 6.07 Å². The number of aldehydes is 1. The van der Waals surface area contributed by atoms with Crippen LogP contribution in [0.4, 0.5) is 0 Å². The van der Waals surface area contributed by atoms with E-state index < -0.39 is 0 Å². The fourth-order valence-corrected chi connectivity index (χ4v) is 1.19. The van der Waals surface area contributed by atoms with Crippen molar-refractivity contribution in [2.45, 2.75) is 0 Å². The molecule has 0 bridgehead atoms. The van der Waals surface area contributed by atoms with E-state index >= 15 is 0 Å². The zero-order valence-corrected chi connectivity index (χ0v) is 7.07. The SMILES string of the molecule is COc1ccc2[nH]c(C=O)cc2n1. The van der Waals surface area contributed by atoms with E-state index in [1.54, 1.807) is 19.2 Å². The molecule has 0 aliphatic rings. The number of ether oxygens (including phenoxy) is 1. The van der Waals surface area contributed by atoms with Gasteiger partial charge in [-0.05, 0) is 12.1 Å². The quantitative estimate of drug-likeness (QED) is 0.703. The molecule has 1 N–H and O–H groups in total. The number of nitrogens with zero attached hydrogens (tertiary/aromatic N) is 1. The second-order valence-electron chi connectivity index (χ2n) is 2.63. The average molecular weight is 176 g/mol. The Morgan fingerprint density at radius 2 is 2.38 bits per heavy atom. The van der Waals surface area contributed by atoms with Gasteiger partial charge in [0.1, 0.15) is 0 Å². The summed E-state index contributed by atoms with van der Waals surface area (Å²) in [5, 5.41) is 0. The lowest BCUT2D eigenvalue weighted by Gasteiger charge is -1.96. The van der Waals surface area contributed by atoms with Crippen molar-refractivity contribution in [2.75, 3.05) is 7.11 Å². The highest BCUT2D eigenvalue weighted by Gasteiger charge is 2.01. The van der Waals surface area contributed by atoms with Gasteiger partial charge in [0.15, 0.2) is 6.29 Å². The maximum absolute atomic E-state index is 10.4. The summed E-state index contributed by atoms with van der Waals surface area (Å²) in [4.78, 5) is 17.5. The van der Waals surface area contributed by atoms with E-state index in [9.17, 15) is 4.79 Å². The molecule has 4 heteroatoms. The molecule has 0 radical (unpaired) electrons. The van der Waals surface area contributed by atoms with Gasteiger partial charge in [0.2, 0.25) is 5.88 Å². The van der Waals surface area contributed by atoms with Gasteiger partial charge < -0.3 is 9.72 Å². The summed E-state index contributed by atoms with van der Waals surface area (Å²) in [5.74, 6) is 0.545. The number of pyridine rings is 1. The highest BCUT2D eigenvalue weighted by Crippen LogP contribution is 2.16. The van der Waals surface area contributed by atoms with Gasteiger partial charge in [-0.2, -0.15) is 0 Å². The molecule has 0 aromatic carbocycles. The van der Waals surface area contributed by atoms with E-state index in [0.717, 1.165) is 17.3 Å². The van der Waals surface area contributed by atoms with Gasteiger partial charge in [-0.3, -0.25) is 4.79 Å². The Labute approximate surface area is 74.5 Å². The fraction of sp³-hybridized carbons (Fsp3) is 0.111. The molecule has 2 aromatic rings. The van der Waals surface area contributed by atoms with E-state index in [2.05, 4.69) is 9.97 Å². The third-order valence-corrected chi connectivity index (χ3v) is 1.81. The normalized spacial score (nSPS) is 10.2. The van der Waals surface area contributed by atoms with Crippen LogP contribution in [0.2, 0.25) is 0 Å². The Morgan fingerprint density at radius 1 is 1.54 bits per heavy atom. The van der Waals surface area contributed by atoms with Gasteiger partial charge in [-0.1, -0.05) is 0 Å². The number of methoxy groups -OCH3 is 1. The summed E-state index contributed by atoms with van der Waals surface area (Å²) in [6, 6.07) is 5.26. The average Bonchev–Trinajstić information content (AvgIpc) is 2.58. The number of carbonyl (C=O) groups is 1. The number of hydrogen-bond acceptors (Lipinski definition) is 3. The number of hydrogen-bond donors (Lipinski definition) is 1. The first kappa shape index (κ1) is 7.79. The molecule has 2 aromatic heterocycles. The van der Waals surface area contributed by atoms with Crippen molar-refractivity contribution in [3.05, 3.63) is 23.9 Å². The minimum absolute atomic E-state index is 0.524. The van der Waals surface area contributed by atoms with Crippen LogP contribution in [0.5, 0.6) is 5.88 Å². The number of aromatic nitrogens is 2. The number of carbonyl (C=O) groups excluding carboxylic acids is 1. The molecule has 0 unspecified atom stereocenters. The molecule has 0 aliphatic carbocycles. The highest BCUT2D eigenvalue weighted by atomic mass is 16.5. The zero-order chi connectivity index (χ0) is 9.26. The molecular formula is C9H8N2O2. The molecule has 66 valence electrons. The van der Waals surface area contributed by atoms with E-state index in [4.69, 9.17) is 4.74 Å². The Balaban J connectivity index is 2.63. The van der Waals surface area contributed by atoms with Crippen LogP contribution >= 0.6 is 0 Å². The van der Waals surface area contributed by atoms with Crippen LogP contribution in [0.15, 0.2) is 18.2 Å². The molecule has 0 saturated heterocycles. The molecule has 13 heavy (non-hydrogen) atoms. The van der Waals surface area contributed by atoms with Crippen molar-refractivity contribution in [1.29, 1.82) is 0 Å². The number of nitrogens with one attached hydrogen (secondary N) is 1. The van der Waals surface area contributed by atoms with Gasteiger partial charge in [-0.15, -0.1) is 0 Å². The predicted molar refractivity (Wildman–Crippen MR) is 48.0 cm³/mol. The van der Waals surface area contributed by atoms with E-state index in [1.165, 1.54) is 0 Å². The van der Waals surface area contributed by atoms with Crippen molar-refractivity contribution in [3.8, 4) is 5.88 Å². The van der Waals surface area contributed by atoms with Crippen LogP contribution in [-0.2, 0) is 0 Å². The van der Waals surface area contributed by atoms with Crippen LogP contribution in [0.25, 0.3) is 11.0 Å². The summed E-state index contributed by atoms with van der Waals surface area (Å²) in [6.07, 6.45) is 0.758. The zero-order valence-electron chi connectivity index (χ0n) is 7.07. The summed E-state index contributed by atoms with van der Waals surface area (Å²) in [5.41, 5.74) is 2.10. The van der Waals surface area contributed by atoms with Gasteiger partial charge in [0.05, 0.1) is 23.8 Å². The molecule has 0 saturated carbocycles. The Kier molecular flexibility index (Phi) is 1.73. The first-order valence-corrected chi connectivity index (χ1v) is 3.82. The summed E-state index contributed by atoms with van der Waals surface area (Å²) in [6.45, 7) is 0. The maximum atomic E-state index is 10.4. The second kappa shape index (κ2) is 2.90. The van der Waals surface area contributed by atoms with E-state index in [-0.39, 0.29) is 0 Å². The van der Waals surface area contributed by atoms with Crippen LogP contribution < -0.4 is 4.74 Å². The molecule has 0 spiro atoms. The van der Waals surface area contributed by atoms with Gasteiger partial charge >= 0.3 is 0 Å². The van der Waals surface area contributed by atoms with E-state index in [1.807, 2.05) is 6.07 Å². The molecule has 0 fully saturated rings. The number of H-pyrrole nitrogens is 1. The molecule has 0 atom stereocenters. The Morgan fingerprint density at radius 3 is 3.08 bits per heavy atom. The third kappa shape index (κ3) is 1.26. The molecule has 0 amide bonds. The lowest BCUT2D eigenvalue weighted by molar-refractivity contribution is 0.112. The smallest absolute Gasteiger partial charge is 0.213 e. The van der Waals surface area contributed by atoms with Crippen molar-refractivity contribution < 1.29 is 9.53 Å². The summed E-state index contributed by atoms with van der Waals surface area (Å²) in [7, 11) is 1.56. The third-order valence-electron chi connectivity index (χ3n) is 1.81. The van der Waals surface area contributed by atoms with Crippen LogP contribution in [-0.4, -0.2) is 23.4 Å². The topological polar surface area (TPSA) is 55.0 Å². The standard InChI is InChI=1S/C9H8N2O2/c1-13-9-3-2-7-8(11-9)4-6(5-12)10-7/h2-5,10H,1H3. The summed E-state index contributed by atoms with van der Waals surface area (Å²) >= 11 is 0. The first-order valence-electron chi connectivity index (χ1n) is 3.82. The lowest BCUT2D eigenvalue weighted by atomic mass is 10.4. The Bertz CT molecular complexity index is 448. The number of rotatable bonds is 2. The lowest BCUT2D eigenvalue weighted by Crippen LogP contribution is -1.85. The maximum Gasteiger partial charge on any atom is 0.213 e. The van der Waals surface area contributed by atoms with Crippen molar-refractivity contribution in [1.82, 2.24) is 9.97 Å². The largest absolute Gasteiger partial charge is 0.481 e. The number of fused-ring (bicyclic) bond motifs is 1. The minimum atomic E-state index is 0.524. The molecule has 2 rings (SSSR count). The fourth-order valence-electron chi connectivity index (χ4n) is 1.19. The van der Waals surface area contributed by atoms with Crippen LogP contribution in [0, 0.1) is 0 Å². The molecule has 2 heterocycles. The first-order chi connectivity index (χ1) is 6.33. The molecular weight excluding hydrogens is 168 g/mol. The van der Waals surface area contributed by atoms with Crippen LogP contribution in [0.1, 0.15) is 10.5 Å². The van der Waals surface area contributed by atoms with Crippen LogP contribution in [0.3, 0.4) is 0 Å². The second-order valence-corrected chi connectivity index (χ2v) is 2.63. The molecule has 4 nitrogen and oxygen atoms in total. The minimum Gasteiger partial charge on any atom is -0.481 e. The highest BCUT2D eigenvalue weighted by molar-refractivity contribution is 5.85. The Hall–Kier alpha value is -1.84. The molecule has 0 aliphatic heterocycles. The van der Waals surface area contributed by atoms with Crippen molar-refractivity contribution in [2.24, 2.45) is 0 Å². The monoisotopic (exact) mass is 176 g/mol.